The Bertz CT molecular complexity index is 184. The maximum atomic E-state index is 11.5. The average Bonchev–Trinajstić information content (AvgIpc) is 2.17. The smallest absolute Gasteiger partial charge is 0.232 e. The summed E-state index contributed by atoms with van der Waals surface area (Å²) in [6, 6.07) is 0.419. The Hall–Kier alpha value is -0.180. The monoisotopic (exact) mass is 201 g/mol. The van der Waals surface area contributed by atoms with E-state index in [0.29, 0.717) is 17.7 Å². The van der Waals surface area contributed by atoms with Crippen LogP contribution in [0.15, 0.2) is 0 Å². The molecular weight excluding hydrogens is 182 g/mol. The van der Waals surface area contributed by atoms with E-state index in [1.807, 2.05) is 4.90 Å². The first-order valence-corrected chi connectivity index (χ1v) is 5.72. The highest BCUT2D eigenvalue weighted by Crippen LogP contribution is 2.23. The lowest BCUT2D eigenvalue weighted by atomic mass is 9.91. The molecule has 0 aromatic carbocycles. The molecule has 1 aliphatic rings. The van der Waals surface area contributed by atoms with Gasteiger partial charge in [-0.3, -0.25) is 4.79 Å². The summed E-state index contributed by atoms with van der Waals surface area (Å²) in [4.78, 5) is 13.5. The minimum absolute atomic E-state index is 0.189. The number of amides is 1. The molecule has 0 aromatic heterocycles. The summed E-state index contributed by atoms with van der Waals surface area (Å²) in [5, 5.41) is 0. The first-order valence-electron chi connectivity index (χ1n) is 5.09. The summed E-state index contributed by atoms with van der Waals surface area (Å²) >= 11 is 4.03. The van der Waals surface area contributed by atoms with Gasteiger partial charge in [0.25, 0.3) is 0 Å². The summed E-state index contributed by atoms with van der Waals surface area (Å²) in [5.74, 6) is 1.25. The zero-order valence-corrected chi connectivity index (χ0v) is 9.39. The zero-order chi connectivity index (χ0) is 9.84. The Morgan fingerprint density at radius 1 is 1.54 bits per heavy atom. The zero-order valence-electron chi connectivity index (χ0n) is 8.49. The molecule has 3 heteroatoms. The second kappa shape index (κ2) is 4.89. The average molecular weight is 201 g/mol. The van der Waals surface area contributed by atoms with Crippen LogP contribution < -0.4 is 0 Å². The van der Waals surface area contributed by atoms with Crippen LogP contribution in [-0.2, 0) is 4.79 Å². The Balaban J connectivity index is 2.54. The van der Waals surface area contributed by atoms with Crippen molar-refractivity contribution in [1.29, 1.82) is 0 Å². The van der Waals surface area contributed by atoms with Crippen LogP contribution in [-0.4, -0.2) is 29.1 Å². The van der Waals surface area contributed by atoms with E-state index in [-0.39, 0.29) is 5.91 Å². The summed E-state index contributed by atoms with van der Waals surface area (Å²) in [5.41, 5.74) is 0. The van der Waals surface area contributed by atoms with Crippen molar-refractivity contribution in [3.63, 3.8) is 0 Å². The number of likely N-dealkylation sites (tertiary alicyclic amines) is 1. The molecule has 13 heavy (non-hydrogen) atoms. The van der Waals surface area contributed by atoms with Crippen molar-refractivity contribution >= 4 is 18.5 Å². The SMILES string of the molecule is CC[C@@H]1CC[C@H](C)N(C(=O)CS)C1. The van der Waals surface area contributed by atoms with Crippen LogP contribution in [0, 0.1) is 5.92 Å². The molecule has 0 radical (unpaired) electrons. The predicted octanol–water partition coefficient (Wildman–Crippen LogP) is 1.95. The molecular formula is C10H19NOS. The third-order valence-electron chi connectivity index (χ3n) is 3.01. The Kier molecular flexibility index (Phi) is 4.10. The molecule has 0 aliphatic carbocycles. The number of nitrogens with zero attached hydrogens (tertiary/aromatic N) is 1. The van der Waals surface area contributed by atoms with Gasteiger partial charge in [0.2, 0.25) is 5.91 Å². The standard InChI is InChI=1S/C10H19NOS/c1-3-9-5-4-8(2)11(6-9)10(12)7-13/h8-9,13H,3-7H2,1-2H3/t8-,9+/m0/s1. The largest absolute Gasteiger partial charge is 0.339 e. The highest BCUT2D eigenvalue weighted by Gasteiger charge is 2.26. The molecule has 0 aromatic rings. The van der Waals surface area contributed by atoms with Crippen LogP contribution in [0.4, 0.5) is 0 Å². The van der Waals surface area contributed by atoms with Gasteiger partial charge in [0.15, 0.2) is 0 Å². The van der Waals surface area contributed by atoms with E-state index in [1.165, 1.54) is 12.8 Å². The van der Waals surface area contributed by atoms with E-state index in [2.05, 4.69) is 26.5 Å². The number of hydrogen-bond acceptors (Lipinski definition) is 2. The molecule has 0 spiro atoms. The van der Waals surface area contributed by atoms with Gasteiger partial charge in [0.1, 0.15) is 0 Å². The summed E-state index contributed by atoms with van der Waals surface area (Å²) in [6.07, 6.45) is 3.61. The third kappa shape index (κ3) is 2.63. The molecule has 1 heterocycles. The fourth-order valence-electron chi connectivity index (χ4n) is 1.95. The molecule has 2 atom stereocenters. The lowest BCUT2D eigenvalue weighted by Gasteiger charge is -2.37. The van der Waals surface area contributed by atoms with Crippen LogP contribution in [0.2, 0.25) is 0 Å². The van der Waals surface area contributed by atoms with Crippen molar-refractivity contribution in [2.75, 3.05) is 12.3 Å². The lowest BCUT2D eigenvalue weighted by molar-refractivity contribution is -0.132. The van der Waals surface area contributed by atoms with Crippen molar-refractivity contribution in [1.82, 2.24) is 4.90 Å². The quantitative estimate of drug-likeness (QED) is 0.677. The molecule has 1 aliphatic heterocycles. The van der Waals surface area contributed by atoms with E-state index in [0.717, 1.165) is 13.0 Å². The Morgan fingerprint density at radius 3 is 2.77 bits per heavy atom. The first kappa shape index (κ1) is 10.9. The summed E-state index contributed by atoms with van der Waals surface area (Å²) < 4.78 is 0. The van der Waals surface area contributed by atoms with E-state index in [4.69, 9.17) is 0 Å². The number of rotatable bonds is 2. The fraction of sp³-hybridized carbons (Fsp3) is 0.900. The van der Waals surface area contributed by atoms with E-state index >= 15 is 0 Å². The highest BCUT2D eigenvalue weighted by molar-refractivity contribution is 7.81. The van der Waals surface area contributed by atoms with Gasteiger partial charge in [-0.25, -0.2) is 0 Å². The minimum Gasteiger partial charge on any atom is -0.339 e. The van der Waals surface area contributed by atoms with Gasteiger partial charge in [-0.15, -0.1) is 0 Å². The fourth-order valence-corrected chi connectivity index (χ4v) is 2.14. The van der Waals surface area contributed by atoms with E-state index < -0.39 is 0 Å². The van der Waals surface area contributed by atoms with Crippen LogP contribution in [0.25, 0.3) is 0 Å². The van der Waals surface area contributed by atoms with Crippen molar-refractivity contribution in [2.45, 2.75) is 39.2 Å². The first-order chi connectivity index (χ1) is 6.19. The van der Waals surface area contributed by atoms with Crippen molar-refractivity contribution in [3.8, 4) is 0 Å². The van der Waals surface area contributed by atoms with Crippen molar-refractivity contribution in [3.05, 3.63) is 0 Å². The highest BCUT2D eigenvalue weighted by atomic mass is 32.1. The van der Waals surface area contributed by atoms with Crippen molar-refractivity contribution < 1.29 is 4.79 Å². The predicted molar refractivity (Wildman–Crippen MR) is 58.0 cm³/mol. The Morgan fingerprint density at radius 2 is 2.23 bits per heavy atom. The molecule has 2 nitrogen and oxygen atoms in total. The van der Waals surface area contributed by atoms with Crippen molar-refractivity contribution in [2.24, 2.45) is 5.92 Å². The van der Waals surface area contributed by atoms with Gasteiger partial charge in [0.05, 0.1) is 5.75 Å². The number of thiol groups is 1. The summed E-state index contributed by atoms with van der Waals surface area (Å²) in [6.45, 7) is 5.27. The second-order valence-corrected chi connectivity index (χ2v) is 4.22. The second-order valence-electron chi connectivity index (χ2n) is 3.90. The molecule has 1 saturated heterocycles. The van der Waals surface area contributed by atoms with Crippen LogP contribution in [0.3, 0.4) is 0 Å². The maximum absolute atomic E-state index is 11.5. The molecule has 1 amide bonds. The van der Waals surface area contributed by atoms with E-state index in [1.54, 1.807) is 0 Å². The topological polar surface area (TPSA) is 20.3 Å². The van der Waals surface area contributed by atoms with Gasteiger partial charge in [-0.05, 0) is 25.7 Å². The number of carbonyl (C=O) groups is 1. The maximum Gasteiger partial charge on any atom is 0.232 e. The number of piperidine rings is 1. The van der Waals surface area contributed by atoms with Crippen LogP contribution in [0.1, 0.15) is 33.1 Å². The van der Waals surface area contributed by atoms with Crippen LogP contribution >= 0.6 is 12.6 Å². The molecule has 0 unspecified atom stereocenters. The van der Waals surface area contributed by atoms with Gasteiger partial charge >= 0.3 is 0 Å². The molecule has 1 rings (SSSR count). The van der Waals surface area contributed by atoms with Gasteiger partial charge in [-0.1, -0.05) is 13.3 Å². The Labute approximate surface area is 86.1 Å². The third-order valence-corrected chi connectivity index (χ3v) is 3.28. The lowest BCUT2D eigenvalue weighted by Crippen LogP contribution is -2.46. The molecule has 76 valence electrons. The normalized spacial score (nSPS) is 29.0. The molecule has 0 N–H and O–H groups in total. The van der Waals surface area contributed by atoms with Gasteiger partial charge in [0, 0.05) is 12.6 Å². The van der Waals surface area contributed by atoms with Crippen LogP contribution in [0.5, 0.6) is 0 Å². The number of hydrogen-bond donors (Lipinski definition) is 1. The minimum atomic E-state index is 0.189. The van der Waals surface area contributed by atoms with Gasteiger partial charge in [-0.2, -0.15) is 12.6 Å². The number of carbonyl (C=O) groups excluding carboxylic acids is 1. The molecule has 0 bridgehead atoms. The molecule has 0 saturated carbocycles. The van der Waals surface area contributed by atoms with E-state index in [9.17, 15) is 4.79 Å². The molecule has 1 fully saturated rings. The van der Waals surface area contributed by atoms with Gasteiger partial charge < -0.3 is 4.90 Å². The summed E-state index contributed by atoms with van der Waals surface area (Å²) in [7, 11) is 0.